The molecule has 1 unspecified atom stereocenters. The Morgan fingerprint density at radius 1 is 0.894 bits per heavy atom. The smallest absolute Gasteiger partial charge is 0.350 e. The Kier molecular flexibility index (Phi) is 8.68. The summed E-state index contributed by atoms with van der Waals surface area (Å²) in [4.78, 5) is 27.7. The fraction of sp³-hybridized carbons (Fsp3) is 0.394. The van der Waals surface area contributed by atoms with Gasteiger partial charge in [0, 0.05) is 49.9 Å². The van der Waals surface area contributed by atoms with Gasteiger partial charge in [-0.1, -0.05) is 6.92 Å². The van der Waals surface area contributed by atoms with E-state index in [1.807, 2.05) is 38.1 Å². The zero-order valence-corrected chi connectivity index (χ0v) is 26.5. The predicted molar refractivity (Wildman–Crippen MR) is 174 cm³/mol. The number of hydrogen-bond acceptors (Lipinski definition) is 11. The molecule has 2 aromatic carbocycles. The summed E-state index contributed by atoms with van der Waals surface area (Å²) in [6.45, 7) is 8.53. The van der Waals surface area contributed by atoms with Crippen molar-refractivity contribution in [2.45, 2.75) is 44.7 Å². The summed E-state index contributed by atoms with van der Waals surface area (Å²) in [5, 5.41) is 12.7. The van der Waals surface area contributed by atoms with Crippen molar-refractivity contribution in [3.8, 4) is 11.4 Å². The molecule has 47 heavy (non-hydrogen) atoms. The molecule has 0 saturated carbocycles. The highest BCUT2D eigenvalue weighted by molar-refractivity contribution is 5.54. The second-order valence-corrected chi connectivity index (χ2v) is 11.7. The Balaban J connectivity index is 0.913. The summed E-state index contributed by atoms with van der Waals surface area (Å²) in [5.74, 6) is -0.387. The Morgan fingerprint density at radius 2 is 1.55 bits per heavy atom. The van der Waals surface area contributed by atoms with E-state index in [9.17, 15) is 4.79 Å². The molecule has 0 N–H and O–H groups in total. The van der Waals surface area contributed by atoms with Crippen LogP contribution in [0.4, 0.5) is 11.4 Å². The van der Waals surface area contributed by atoms with Crippen molar-refractivity contribution >= 4 is 11.4 Å². The van der Waals surface area contributed by atoms with Gasteiger partial charge in [0.1, 0.15) is 37.0 Å². The van der Waals surface area contributed by atoms with E-state index in [-0.39, 0.29) is 24.4 Å². The predicted octanol–water partition coefficient (Wildman–Crippen LogP) is 3.06. The average Bonchev–Trinajstić information content (AvgIpc) is 3.89. The van der Waals surface area contributed by atoms with Gasteiger partial charge in [-0.2, -0.15) is 20.1 Å². The molecule has 2 saturated heterocycles. The minimum Gasteiger partial charge on any atom is -0.491 e. The van der Waals surface area contributed by atoms with E-state index < -0.39 is 5.79 Å². The quantitative estimate of drug-likeness (QED) is 0.212. The van der Waals surface area contributed by atoms with Gasteiger partial charge in [0.2, 0.25) is 5.79 Å². The largest absolute Gasteiger partial charge is 0.491 e. The highest BCUT2D eigenvalue weighted by Gasteiger charge is 2.46. The molecule has 0 amide bonds. The molecule has 2 aliphatic rings. The monoisotopic (exact) mass is 638 g/mol. The van der Waals surface area contributed by atoms with Crippen molar-refractivity contribution in [1.29, 1.82) is 0 Å². The maximum atomic E-state index is 12.8. The van der Waals surface area contributed by atoms with E-state index in [2.05, 4.69) is 59.3 Å². The van der Waals surface area contributed by atoms with Crippen molar-refractivity contribution in [3.05, 3.63) is 102 Å². The minimum atomic E-state index is -1.15. The normalized spacial score (nSPS) is 20.4. The number of piperazine rings is 1. The molecule has 0 aliphatic carbocycles. The maximum Gasteiger partial charge on any atom is 0.350 e. The van der Waals surface area contributed by atoms with E-state index in [0.29, 0.717) is 18.9 Å². The Labute approximate surface area is 272 Å². The van der Waals surface area contributed by atoms with Gasteiger partial charge in [-0.3, -0.25) is 9.97 Å². The van der Waals surface area contributed by atoms with Crippen LogP contribution in [0, 0.1) is 0 Å². The van der Waals surface area contributed by atoms with E-state index in [1.54, 1.807) is 46.6 Å². The van der Waals surface area contributed by atoms with Gasteiger partial charge in [-0.15, -0.1) is 0 Å². The molecule has 244 valence electrons. The van der Waals surface area contributed by atoms with Crippen molar-refractivity contribution in [1.82, 2.24) is 39.3 Å². The number of rotatable bonds is 11. The molecule has 0 bridgehead atoms. The maximum absolute atomic E-state index is 12.8. The van der Waals surface area contributed by atoms with Crippen LogP contribution in [0.3, 0.4) is 0 Å². The van der Waals surface area contributed by atoms with Crippen LogP contribution in [0.2, 0.25) is 0 Å². The molecule has 14 heteroatoms. The number of hydrogen-bond donors (Lipinski definition) is 0. The fourth-order valence-corrected chi connectivity index (χ4v) is 5.91. The van der Waals surface area contributed by atoms with Crippen LogP contribution in [0.25, 0.3) is 5.69 Å². The van der Waals surface area contributed by atoms with Gasteiger partial charge < -0.3 is 24.0 Å². The summed E-state index contributed by atoms with van der Waals surface area (Å²) >= 11 is 0. The summed E-state index contributed by atoms with van der Waals surface area (Å²) in [6, 6.07) is 16.4. The zero-order chi connectivity index (χ0) is 32.2. The van der Waals surface area contributed by atoms with Gasteiger partial charge in [0.05, 0.1) is 36.9 Å². The number of benzene rings is 2. The van der Waals surface area contributed by atoms with E-state index in [1.165, 1.54) is 4.80 Å². The fourth-order valence-electron chi connectivity index (χ4n) is 5.91. The third-order valence-electron chi connectivity index (χ3n) is 8.74. The molecular formula is C33H38N10O4. The lowest BCUT2D eigenvalue weighted by molar-refractivity contribution is -0.195. The van der Waals surface area contributed by atoms with E-state index in [4.69, 9.17) is 14.2 Å². The van der Waals surface area contributed by atoms with Crippen molar-refractivity contribution in [3.63, 3.8) is 0 Å². The Hall–Kier alpha value is -5.08. The highest BCUT2D eigenvalue weighted by Crippen LogP contribution is 2.34. The van der Waals surface area contributed by atoms with Crippen molar-refractivity contribution in [2.75, 3.05) is 49.2 Å². The first-order chi connectivity index (χ1) is 23.0. The first kappa shape index (κ1) is 30.6. The first-order valence-electron chi connectivity index (χ1n) is 15.9. The minimum absolute atomic E-state index is 0.0685. The van der Waals surface area contributed by atoms with Crippen LogP contribution in [0.15, 0.2) is 90.6 Å². The lowest BCUT2D eigenvalue weighted by atomic mass is 10.2. The third-order valence-corrected chi connectivity index (χ3v) is 8.74. The highest BCUT2D eigenvalue weighted by atomic mass is 16.8. The van der Waals surface area contributed by atoms with Gasteiger partial charge in [-0.25, -0.2) is 14.0 Å². The SMILES string of the molecule is CCC(C)n1ncn(-c2ccc(N3CCN(c4ccc(OC[C@@H]5CO[C@@](Cn6nccn6)(c6cnccn6)O5)cc4)CC3)cc2)c1=O. The molecule has 7 rings (SSSR count). The Morgan fingerprint density at radius 3 is 2.19 bits per heavy atom. The summed E-state index contributed by atoms with van der Waals surface area (Å²) < 4.78 is 21.8. The van der Waals surface area contributed by atoms with Crippen LogP contribution in [-0.4, -0.2) is 84.8 Å². The van der Waals surface area contributed by atoms with Crippen molar-refractivity contribution in [2.24, 2.45) is 0 Å². The van der Waals surface area contributed by atoms with Crippen LogP contribution < -0.4 is 20.2 Å². The topological polar surface area (TPSA) is 130 Å². The van der Waals surface area contributed by atoms with Crippen LogP contribution in [0.5, 0.6) is 5.75 Å². The lowest BCUT2D eigenvalue weighted by Crippen LogP contribution is -2.46. The molecule has 14 nitrogen and oxygen atoms in total. The standard InChI is InChI=1S/C33H38N10O4/c1-3-25(2)43-32(44)41(24-38-43)28-6-4-26(5-7-28)39-16-18-40(19-17-39)27-8-10-29(11-9-27)45-21-30-22-46-33(47-30,23-42-36-14-15-37-42)31-20-34-12-13-35-31/h4-15,20,24-25,30H,3,16-19,21-23H2,1-2H3/t25?,30-,33-/m1/s1. The first-order valence-corrected chi connectivity index (χ1v) is 15.9. The number of ether oxygens (including phenoxy) is 3. The zero-order valence-electron chi connectivity index (χ0n) is 26.5. The summed E-state index contributed by atoms with van der Waals surface area (Å²) in [7, 11) is 0. The number of anilines is 2. The van der Waals surface area contributed by atoms with Gasteiger partial charge in [0.15, 0.2) is 0 Å². The average molecular weight is 639 g/mol. The van der Waals surface area contributed by atoms with Gasteiger partial charge in [0.25, 0.3) is 0 Å². The van der Waals surface area contributed by atoms with Gasteiger partial charge in [-0.05, 0) is 61.9 Å². The molecule has 5 heterocycles. The van der Waals surface area contributed by atoms with E-state index >= 15 is 0 Å². The molecule has 2 fully saturated rings. The van der Waals surface area contributed by atoms with E-state index in [0.717, 1.165) is 55.4 Å². The molecule has 2 aliphatic heterocycles. The molecular weight excluding hydrogens is 600 g/mol. The second-order valence-electron chi connectivity index (χ2n) is 11.7. The number of nitrogens with zero attached hydrogens (tertiary/aromatic N) is 10. The number of aromatic nitrogens is 8. The molecule has 3 aromatic heterocycles. The van der Waals surface area contributed by atoms with Crippen LogP contribution in [-0.2, 0) is 21.8 Å². The van der Waals surface area contributed by atoms with Crippen LogP contribution >= 0.6 is 0 Å². The molecule has 0 radical (unpaired) electrons. The van der Waals surface area contributed by atoms with Crippen molar-refractivity contribution < 1.29 is 14.2 Å². The van der Waals surface area contributed by atoms with Gasteiger partial charge >= 0.3 is 5.69 Å². The Bertz CT molecular complexity index is 1790. The molecule has 0 spiro atoms. The third kappa shape index (κ3) is 6.46. The van der Waals surface area contributed by atoms with Crippen LogP contribution in [0.1, 0.15) is 32.0 Å². The summed E-state index contributed by atoms with van der Waals surface area (Å²) in [5.41, 5.74) is 3.55. The second kappa shape index (κ2) is 13.3. The lowest BCUT2D eigenvalue weighted by Gasteiger charge is -2.37. The molecule has 5 aromatic rings. The summed E-state index contributed by atoms with van der Waals surface area (Å²) in [6.07, 6.45) is 10.2. The molecule has 3 atom stereocenters.